The van der Waals surface area contributed by atoms with Crippen molar-refractivity contribution in [2.24, 2.45) is 0 Å². The number of benzene rings is 2. The maximum absolute atomic E-state index is 13.2. The number of hydrogen-bond acceptors (Lipinski definition) is 5. The summed E-state index contributed by atoms with van der Waals surface area (Å²) in [5.74, 6) is 0.582. The van der Waals surface area contributed by atoms with Gasteiger partial charge in [-0.05, 0) is 42.3 Å². The number of aryl methyl sites for hydroxylation is 1. The summed E-state index contributed by atoms with van der Waals surface area (Å²) in [6.45, 7) is 6.67. The van der Waals surface area contributed by atoms with Crippen molar-refractivity contribution >= 4 is 17.5 Å². The van der Waals surface area contributed by atoms with Gasteiger partial charge in [0.15, 0.2) is 0 Å². The first-order valence-electron chi connectivity index (χ1n) is 10.2. The fourth-order valence-electron chi connectivity index (χ4n) is 3.93. The number of aromatic amines is 1. The summed E-state index contributed by atoms with van der Waals surface area (Å²) in [6, 6.07) is 10.4. The lowest BCUT2D eigenvalue weighted by molar-refractivity contribution is 0.0677. The van der Waals surface area contributed by atoms with Gasteiger partial charge in [0.1, 0.15) is 29.5 Å². The molecule has 3 aromatic rings. The minimum absolute atomic E-state index is 0.0518. The smallest absolute Gasteiger partial charge is 0.273 e. The summed E-state index contributed by atoms with van der Waals surface area (Å²) >= 11 is 6.33. The summed E-state index contributed by atoms with van der Waals surface area (Å²) in [5, 5.41) is 18.4. The van der Waals surface area contributed by atoms with Crippen LogP contribution < -0.4 is 4.74 Å². The highest BCUT2D eigenvalue weighted by atomic mass is 35.5. The molecule has 0 aliphatic carbocycles. The van der Waals surface area contributed by atoms with Crippen LogP contribution in [-0.2, 0) is 4.74 Å². The van der Waals surface area contributed by atoms with Crippen molar-refractivity contribution in [1.29, 1.82) is 0 Å². The number of fused-ring (bicyclic) bond motifs is 1. The van der Waals surface area contributed by atoms with E-state index in [1.165, 1.54) is 0 Å². The van der Waals surface area contributed by atoms with E-state index in [9.17, 15) is 9.90 Å². The van der Waals surface area contributed by atoms with Crippen LogP contribution in [0, 0.1) is 6.92 Å². The third kappa shape index (κ3) is 3.85. The molecule has 0 radical (unpaired) electrons. The van der Waals surface area contributed by atoms with Crippen LogP contribution in [-0.4, -0.2) is 53.0 Å². The van der Waals surface area contributed by atoms with E-state index in [0.717, 1.165) is 11.1 Å². The van der Waals surface area contributed by atoms with Gasteiger partial charge in [-0.1, -0.05) is 36.4 Å². The van der Waals surface area contributed by atoms with Gasteiger partial charge >= 0.3 is 0 Å². The molecule has 1 aliphatic rings. The van der Waals surface area contributed by atoms with Gasteiger partial charge in [0, 0.05) is 29.8 Å². The van der Waals surface area contributed by atoms with E-state index >= 15 is 0 Å². The second-order valence-electron chi connectivity index (χ2n) is 7.54. The van der Waals surface area contributed by atoms with Crippen molar-refractivity contribution in [3.8, 4) is 22.8 Å². The number of aromatic nitrogens is 2. The van der Waals surface area contributed by atoms with E-state index in [1.807, 2.05) is 31.2 Å². The molecular formula is C24H24ClN3O4. The van der Waals surface area contributed by atoms with E-state index in [4.69, 9.17) is 21.1 Å². The molecule has 2 aromatic carbocycles. The maximum Gasteiger partial charge on any atom is 0.273 e. The van der Waals surface area contributed by atoms with Crippen molar-refractivity contribution in [2.75, 3.05) is 26.9 Å². The fourth-order valence-corrected chi connectivity index (χ4v) is 4.09. The highest BCUT2D eigenvalue weighted by Crippen LogP contribution is 2.45. The largest absolute Gasteiger partial charge is 0.507 e. The van der Waals surface area contributed by atoms with Crippen molar-refractivity contribution in [2.45, 2.75) is 13.0 Å². The highest BCUT2D eigenvalue weighted by Gasteiger charge is 2.42. The van der Waals surface area contributed by atoms with Crippen molar-refractivity contribution < 1.29 is 19.4 Å². The molecule has 1 unspecified atom stereocenters. The number of phenolic OH excluding ortho intramolecular Hbond substituents is 1. The first-order chi connectivity index (χ1) is 15.5. The summed E-state index contributed by atoms with van der Waals surface area (Å²) < 4.78 is 10.8. The summed E-state index contributed by atoms with van der Waals surface area (Å²) in [4.78, 5) is 15.0. The monoisotopic (exact) mass is 453 g/mol. The van der Waals surface area contributed by atoms with Gasteiger partial charge < -0.3 is 19.5 Å². The molecule has 8 heteroatoms. The lowest BCUT2D eigenvalue weighted by atomic mass is 9.95. The topological polar surface area (TPSA) is 87.7 Å². The van der Waals surface area contributed by atoms with Crippen molar-refractivity contribution in [3.63, 3.8) is 0 Å². The Hall–Kier alpha value is -3.29. The zero-order chi connectivity index (χ0) is 22.8. The van der Waals surface area contributed by atoms with Gasteiger partial charge in [-0.25, -0.2) is 0 Å². The third-order valence-electron chi connectivity index (χ3n) is 5.50. The first kappa shape index (κ1) is 21.9. The quantitative estimate of drug-likeness (QED) is 0.490. The Morgan fingerprint density at radius 1 is 1.31 bits per heavy atom. The number of rotatable bonds is 8. The van der Waals surface area contributed by atoms with Gasteiger partial charge in [-0.2, -0.15) is 5.10 Å². The molecule has 0 spiro atoms. The Labute approximate surface area is 191 Å². The maximum atomic E-state index is 13.2. The number of halogens is 1. The Bertz CT molecular complexity index is 1160. The van der Waals surface area contributed by atoms with E-state index in [2.05, 4.69) is 16.8 Å². The third-order valence-corrected chi connectivity index (χ3v) is 5.90. The number of carbonyl (C=O) groups excluding carboxylic acids is 1. The minimum Gasteiger partial charge on any atom is -0.507 e. The van der Waals surface area contributed by atoms with Crippen LogP contribution in [0.1, 0.15) is 33.2 Å². The Morgan fingerprint density at radius 2 is 2.06 bits per heavy atom. The second kappa shape index (κ2) is 9.06. The van der Waals surface area contributed by atoms with Crippen LogP contribution in [0.4, 0.5) is 0 Å². The Balaban J connectivity index is 1.82. The number of ether oxygens (including phenoxy) is 2. The number of carbonyl (C=O) groups is 1. The van der Waals surface area contributed by atoms with Crippen LogP contribution in [0.3, 0.4) is 0 Å². The van der Waals surface area contributed by atoms with Crippen molar-refractivity contribution in [1.82, 2.24) is 15.1 Å². The number of hydrogen-bond donors (Lipinski definition) is 2. The van der Waals surface area contributed by atoms with Crippen molar-refractivity contribution in [3.05, 3.63) is 76.5 Å². The van der Waals surface area contributed by atoms with Gasteiger partial charge in [0.05, 0.1) is 12.6 Å². The molecule has 1 atom stereocenters. The molecule has 166 valence electrons. The average molecular weight is 454 g/mol. The standard InChI is InChI=1S/C24H24ClN3O4/c1-4-10-32-16-7-5-15(6-8-16)23-20-21(17-13-18(25)14(2)12-19(17)29)26-27-22(20)24(30)28(23)9-11-31-3/h4-8,12-13,23,29H,1,9-11H2,2-3H3,(H,26,27). The van der Waals surface area contributed by atoms with E-state index in [1.54, 1.807) is 30.2 Å². The van der Waals surface area contributed by atoms with E-state index in [0.29, 0.717) is 53.0 Å². The molecule has 2 N–H and O–H groups in total. The number of aromatic hydroxyl groups is 1. The highest BCUT2D eigenvalue weighted by molar-refractivity contribution is 6.31. The molecule has 0 fully saturated rings. The predicted molar refractivity (Wildman–Crippen MR) is 122 cm³/mol. The summed E-state index contributed by atoms with van der Waals surface area (Å²) in [5.41, 5.74) is 3.69. The molecule has 2 heterocycles. The molecule has 1 aliphatic heterocycles. The van der Waals surface area contributed by atoms with Gasteiger partial charge in [-0.15, -0.1) is 0 Å². The predicted octanol–water partition coefficient (Wildman–Crippen LogP) is 4.50. The second-order valence-corrected chi connectivity index (χ2v) is 7.95. The molecule has 7 nitrogen and oxygen atoms in total. The molecule has 4 rings (SSSR count). The summed E-state index contributed by atoms with van der Waals surface area (Å²) in [7, 11) is 1.60. The lowest BCUT2D eigenvalue weighted by Crippen LogP contribution is -2.32. The fraction of sp³-hybridized carbons (Fsp3) is 0.250. The van der Waals surface area contributed by atoms with Crippen LogP contribution in [0.25, 0.3) is 11.3 Å². The number of nitrogens with zero attached hydrogens (tertiary/aromatic N) is 2. The number of phenols is 1. The SMILES string of the molecule is C=CCOc1ccc(C2c3c(-c4cc(Cl)c(C)cc4O)n[nH]c3C(=O)N2CCOC)cc1. The molecule has 32 heavy (non-hydrogen) atoms. The molecule has 1 aromatic heterocycles. The van der Waals surface area contributed by atoms with E-state index < -0.39 is 6.04 Å². The zero-order valence-electron chi connectivity index (χ0n) is 17.9. The minimum atomic E-state index is -0.408. The van der Waals surface area contributed by atoms with E-state index in [-0.39, 0.29) is 11.7 Å². The molecule has 1 amide bonds. The Morgan fingerprint density at radius 3 is 2.75 bits per heavy atom. The number of nitrogens with one attached hydrogen (secondary N) is 1. The van der Waals surface area contributed by atoms with Crippen LogP contribution >= 0.6 is 11.6 Å². The van der Waals surface area contributed by atoms with Gasteiger partial charge in [0.25, 0.3) is 5.91 Å². The zero-order valence-corrected chi connectivity index (χ0v) is 18.6. The van der Waals surface area contributed by atoms with Crippen LogP contribution in [0.2, 0.25) is 5.02 Å². The molecule has 0 saturated heterocycles. The molecular weight excluding hydrogens is 430 g/mol. The normalized spacial score (nSPS) is 15.2. The number of H-pyrrole nitrogens is 1. The number of amides is 1. The van der Waals surface area contributed by atoms with Gasteiger partial charge in [-0.3, -0.25) is 9.89 Å². The van der Waals surface area contributed by atoms with Crippen LogP contribution in [0.15, 0.2) is 49.1 Å². The Kier molecular flexibility index (Phi) is 6.21. The van der Waals surface area contributed by atoms with Crippen LogP contribution in [0.5, 0.6) is 11.5 Å². The van der Waals surface area contributed by atoms with Gasteiger partial charge in [0.2, 0.25) is 0 Å². The molecule has 0 bridgehead atoms. The molecule has 0 saturated carbocycles. The number of methoxy groups -OCH3 is 1. The lowest BCUT2D eigenvalue weighted by Gasteiger charge is -2.26. The first-order valence-corrected chi connectivity index (χ1v) is 10.5. The summed E-state index contributed by atoms with van der Waals surface area (Å²) in [6.07, 6.45) is 1.68. The average Bonchev–Trinajstić information content (AvgIpc) is 3.32.